The lowest BCUT2D eigenvalue weighted by Crippen LogP contribution is -2.38. The predicted molar refractivity (Wildman–Crippen MR) is 56.6 cm³/mol. The highest BCUT2D eigenvalue weighted by atomic mass is 32.1. The molecule has 1 N–H and O–H groups in total. The fraction of sp³-hybridized carbons (Fsp3) is 0.556. The first-order valence-electron chi connectivity index (χ1n) is 4.81. The van der Waals surface area contributed by atoms with E-state index in [1.54, 1.807) is 11.7 Å². The normalized spacial score (nSPS) is 16.7. The second-order valence-electron chi connectivity index (χ2n) is 3.34. The van der Waals surface area contributed by atoms with Gasteiger partial charge >= 0.3 is 6.03 Å². The second kappa shape index (κ2) is 4.41. The van der Waals surface area contributed by atoms with E-state index >= 15 is 0 Å². The number of hydrogen-bond donors (Lipinski definition) is 1. The van der Waals surface area contributed by atoms with Crippen LogP contribution in [-0.2, 0) is 0 Å². The number of carbonyl (C=O) groups is 1. The van der Waals surface area contributed by atoms with Gasteiger partial charge < -0.3 is 4.90 Å². The zero-order valence-electron chi connectivity index (χ0n) is 7.90. The quantitative estimate of drug-likeness (QED) is 0.773. The highest BCUT2D eigenvalue weighted by Gasteiger charge is 2.16. The maximum Gasteiger partial charge on any atom is 0.322 e. The molecule has 0 unspecified atom stereocenters. The van der Waals surface area contributed by atoms with Gasteiger partial charge in [-0.1, -0.05) is 0 Å². The number of hydrogen-bond acceptors (Lipinski definition) is 3. The molecule has 0 aliphatic carbocycles. The van der Waals surface area contributed by atoms with Gasteiger partial charge in [-0.05, 0) is 19.3 Å². The minimum Gasteiger partial charge on any atom is -0.325 e. The second-order valence-corrected chi connectivity index (χ2v) is 4.23. The molecule has 2 heterocycles. The molecule has 1 aliphatic rings. The standard InChI is InChI=1S/C9H13N3OS/c13-9(11-8-6-10-7-14-8)12-4-2-1-3-5-12/h6-7H,1-5H2,(H,11,13). The molecule has 2 rings (SSSR count). The Morgan fingerprint density at radius 1 is 1.43 bits per heavy atom. The lowest BCUT2D eigenvalue weighted by molar-refractivity contribution is 0.200. The molecule has 0 radical (unpaired) electrons. The SMILES string of the molecule is O=C(Nc1cncs1)N1CCCCC1. The predicted octanol–water partition coefficient (Wildman–Crippen LogP) is 2.16. The monoisotopic (exact) mass is 211 g/mol. The molecule has 5 heteroatoms. The van der Waals surface area contributed by atoms with Crippen LogP contribution >= 0.6 is 11.3 Å². The van der Waals surface area contributed by atoms with E-state index in [-0.39, 0.29) is 6.03 Å². The van der Waals surface area contributed by atoms with Crippen molar-refractivity contribution in [3.63, 3.8) is 0 Å². The summed E-state index contributed by atoms with van der Waals surface area (Å²) in [6.45, 7) is 1.76. The van der Waals surface area contributed by atoms with Crippen molar-refractivity contribution in [1.29, 1.82) is 0 Å². The van der Waals surface area contributed by atoms with Crippen molar-refractivity contribution in [3.8, 4) is 0 Å². The number of piperidine rings is 1. The third kappa shape index (κ3) is 2.23. The van der Waals surface area contributed by atoms with Crippen molar-refractivity contribution >= 4 is 22.4 Å². The zero-order valence-corrected chi connectivity index (χ0v) is 8.72. The number of rotatable bonds is 1. The van der Waals surface area contributed by atoms with Crippen molar-refractivity contribution in [1.82, 2.24) is 9.88 Å². The van der Waals surface area contributed by atoms with Gasteiger partial charge in [0.1, 0.15) is 5.00 Å². The molecule has 0 bridgehead atoms. The number of nitrogens with zero attached hydrogens (tertiary/aromatic N) is 2. The zero-order chi connectivity index (χ0) is 9.80. The number of urea groups is 1. The Balaban J connectivity index is 1.88. The summed E-state index contributed by atoms with van der Waals surface area (Å²) in [5.41, 5.74) is 1.71. The summed E-state index contributed by atoms with van der Waals surface area (Å²) in [6.07, 6.45) is 5.16. The smallest absolute Gasteiger partial charge is 0.322 e. The number of carbonyl (C=O) groups excluding carboxylic acids is 1. The largest absolute Gasteiger partial charge is 0.325 e. The molecule has 76 valence electrons. The molecular formula is C9H13N3OS. The Morgan fingerprint density at radius 2 is 2.21 bits per heavy atom. The van der Waals surface area contributed by atoms with Crippen molar-refractivity contribution in [2.45, 2.75) is 19.3 Å². The van der Waals surface area contributed by atoms with Crippen LogP contribution < -0.4 is 5.32 Å². The number of amides is 2. The molecule has 0 atom stereocenters. The minimum absolute atomic E-state index is 0.00829. The van der Waals surface area contributed by atoms with Gasteiger partial charge in [-0.2, -0.15) is 0 Å². The molecule has 1 aromatic heterocycles. The van der Waals surface area contributed by atoms with E-state index in [9.17, 15) is 4.79 Å². The van der Waals surface area contributed by atoms with Gasteiger partial charge in [0.25, 0.3) is 0 Å². The van der Waals surface area contributed by atoms with E-state index in [0.29, 0.717) is 0 Å². The van der Waals surface area contributed by atoms with Crippen LogP contribution in [-0.4, -0.2) is 29.0 Å². The first-order chi connectivity index (χ1) is 6.86. The van der Waals surface area contributed by atoms with Crippen LogP contribution in [0.2, 0.25) is 0 Å². The van der Waals surface area contributed by atoms with Crippen LogP contribution in [0, 0.1) is 0 Å². The number of nitrogens with one attached hydrogen (secondary N) is 1. The van der Waals surface area contributed by atoms with E-state index in [0.717, 1.165) is 30.9 Å². The Hall–Kier alpha value is -1.10. The van der Waals surface area contributed by atoms with E-state index in [1.807, 2.05) is 4.90 Å². The number of aromatic nitrogens is 1. The summed E-state index contributed by atoms with van der Waals surface area (Å²) >= 11 is 1.45. The molecule has 0 spiro atoms. The minimum atomic E-state index is 0.00829. The van der Waals surface area contributed by atoms with E-state index in [1.165, 1.54) is 17.8 Å². The summed E-state index contributed by atoms with van der Waals surface area (Å²) < 4.78 is 0. The van der Waals surface area contributed by atoms with Crippen LogP contribution in [0.3, 0.4) is 0 Å². The molecule has 1 saturated heterocycles. The third-order valence-corrected chi connectivity index (χ3v) is 2.99. The Morgan fingerprint density at radius 3 is 2.86 bits per heavy atom. The summed E-state index contributed by atoms with van der Waals surface area (Å²) in [5, 5.41) is 3.65. The number of anilines is 1. The van der Waals surface area contributed by atoms with Crippen LogP contribution in [0.5, 0.6) is 0 Å². The molecular weight excluding hydrogens is 198 g/mol. The van der Waals surface area contributed by atoms with Gasteiger partial charge in [0.2, 0.25) is 0 Å². The van der Waals surface area contributed by atoms with Gasteiger partial charge in [0, 0.05) is 13.1 Å². The lowest BCUT2D eigenvalue weighted by atomic mass is 10.1. The molecule has 1 aliphatic heterocycles. The summed E-state index contributed by atoms with van der Waals surface area (Å²) in [7, 11) is 0. The van der Waals surface area contributed by atoms with Gasteiger partial charge in [-0.25, -0.2) is 4.79 Å². The van der Waals surface area contributed by atoms with E-state index in [2.05, 4.69) is 10.3 Å². The van der Waals surface area contributed by atoms with Gasteiger partial charge in [0.05, 0.1) is 11.7 Å². The van der Waals surface area contributed by atoms with Crippen LogP contribution in [0.15, 0.2) is 11.7 Å². The topological polar surface area (TPSA) is 45.2 Å². The fourth-order valence-electron chi connectivity index (χ4n) is 1.56. The maximum absolute atomic E-state index is 11.7. The average Bonchev–Trinajstić information content (AvgIpc) is 2.72. The molecule has 4 nitrogen and oxygen atoms in total. The fourth-order valence-corrected chi connectivity index (χ4v) is 2.06. The van der Waals surface area contributed by atoms with E-state index < -0.39 is 0 Å². The van der Waals surface area contributed by atoms with Gasteiger partial charge in [0.15, 0.2) is 0 Å². The summed E-state index contributed by atoms with van der Waals surface area (Å²) in [4.78, 5) is 17.4. The Labute approximate surface area is 86.9 Å². The van der Waals surface area contributed by atoms with Crippen LogP contribution in [0.1, 0.15) is 19.3 Å². The van der Waals surface area contributed by atoms with Crippen molar-refractivity contribution in [3.05, 3.63) is 11.7 Å². The molecule has 1 fully saturated rings. The van der Waals surface area contributed by atoms with Crippen LogP contribution in [0.25, 0.3) is 0 Å². The number of thiazole rings is 1. The Kier molecular flexibility index (Phi) is 2.98. The van der Waals surface area contributed by atoms with Crippen molar-refractivity contribution in [2.75, 3.05) is 18.4 Å². The molecule has 1 aromatic rings. The number of likely N-dealkylation sites (tertiary alicyclic amines) is 1. The highest BCUT2D eigenvalue weighted by molar-refractivity contribution is 7.13. The maximum atomic E-state index is 11.7. The molecule has 0 saturated carbocycles. The van der Waals surface area contributed by atoms with Crippen molar-refractivity contribution in [2.24, 2.45) is 0 Å². The van der Waals surface area contributed by atoms with Crippen LogP contribution in [0.4, 0.5) is 9.80 Å². The average molecular weight is 211 g/mol. The molecule has 0 aromatic carbocycles. The summed E-state index contributed by atoms with van der Waals surface area (Å²) in [6, 6.07) is 0.00829. The first kappa shape index (κ1) is 9.45. The summed E-state index contributed by atoms with van der Waals surface area (Å²) in [5.74, 6) is 0. The van der Waals surface area contributed by atoms with E-state index in [4.69, 9.17) is 0 Å². The third-order valence-electron chi connectivity index (χ3n) is 2.31. The molecule has 14 heavy (non-hydrogen) atoms. The first-order valence-corrected chi connectivity index (χ1v) is 5.68. The van der Waals surface area contributed by atoms with Gasteiger partial charge in [-0.3, -0.25) is 10.3 Å². The van der Waals surface area contributed by atoms with Crippen molar-refractivity contribution < 1.29 is 4.79 Å². The van der Waals surface area contributed by atoms with Gasteiger partial charge in [-0.15, -0.1) is 11.3 Å². The highest BCUT2D eigenvalue weighted by Crippen LogP contribution is 2.15. The lowest BCUT2D eigenvalue weighted by Gasteiger charge is -2.26. The Bertz CT molecular complexity index is 293. The molecule has 2 amide bonds.